The number of benzene rings is 2. The second-order valence-electron chi connectivity index (χ2n) is 12.3. The van der Waals surface area contributed by atoms with Crippen LogP contribution in [0.1, 0.15) is 62.2 Å². The number of piperidine rings is 2. The highest BCUT2D eigenvalue weighted by molar-refractivity contribution is 7.89. The lowest BCUT2D eigenvalue weighted by molar-refractivity contribution is -0.144. The molecular weight excluding hydrogens is 541 g/mol. The first-order chi connectivity index (χ1) is 19.1. The lowest BCUT2D eigenvalue weighted by Crippen LogP contribution is -2.54. The van der Waals surface area contributed by atoms with E-state index in [0.29, 0.717) is 12.5 Å². The van der Waals surface area contributed by atoms with E-state index in [1.807, 2.05) is 37.4 Å². The molecule has 40 heavy (non-hydrogen) atoms. The van der Waals surface area contributed by atoms with Gasteiger partial charge in [0.2, 0.25) is 15.9 Å². The van der Waals surface area contributed by atoms with Gasteiger partial charge in [0.1, 0.15) is 0 Å². The number of rotatable bonds is 7. The van der Waals surface area contributed by atoms with Gasteiger partial charge in [-0.25, -0.2) is 13.4 Å². The second-order valence-corrected chi connectivity index (χ2v) is 15.2. The zero-order valence-corrected chi connectivity index (χ0v) is 25.6. The smallest absolute Gasteiger partial charge is 0.243 e. The van der Waals surface area contributed by atoms with E-state index >= 15 is 0 Å². The minimum absolute atomic E-state index is 0.162. The Balaban J connectivity index is 1.30. The number of nitrogens with zero attached hydrogens (tertiary/aromatic N) is 4. The highest BCUT2D eigenvalue weighted by atomic mass is 32.2. The van der Waals surface area contributed by atoms with Crippen LogP contribution in [0.4, 0.5) is 0 Å². The Labute approximate surface area is 242 Å². The average molecular weight is 581 g/mol. The maximum atomic E-state index is 14.3. The van der Waals surface area contributed by atoms with Crippen molar-refractivity contribution in [3.63, 3.8) is 0 Å². The predicted octanol–water partition coefficient (Wildman–Crippen LogP) is 5.36. The summed E-state index contributed by atoms with van der Waals surface area (Å²) in [6.45, 7) is 11.4. The van der Waals surface area contributed by atoms with Crippen molar-refractivity contribution in [3.05, 3.63) is 58.0 Å². The Morgan fingerprint density at radius 2 is 1.80 bits per heavy atom. The highest BCUT2D eigenvalue weighted by Gasteiger charge is 2.66. The largest absolute Gasteiger partial charge is 0.339 e. The van der Waals surface area contributed by atoms with Crippen LogP contribution in [-0.2, 0) is 21.4 Å². The maximum absolute atomic E-state index is 14.3. The fraction of sp³-hybridized carbons (Fsp3) is 0.548. The third-order valence-electron chi connectivity index (χ3n) is 9.32. The van der Waals surface area contributed by atoms with Gasteiger partial charge < -0.3 is 9.80 Å². The predicted molar refractivity (Wildman–Crippen MR) is 160 cm³/mol. The molecular formula is C31H40N4O3S2. The molecule has 1 aromatic heterocycles. The van der Waals surface area contributed by atoms with Crippen LogP contribution < -0.4 is 0 Å². The summed E-state index contributed by atoms with van der Waals surface area (Å²) < 4.78 is 30.2. The van der Waals surface area contributed by atoms with Crippen molar-refractivity contribution < 1.29 is 13.2 Å². The zero-order chi connectivity index (χ0) is 28.2. The third kappa shape index (κ3) is 4.99. The van der Waals surface area contributed by atoms with Crippen LogP contribution in [0, 0.1) is 19.3 Å². The number of likely N-dealkylation sites (tertiary alicyclic amines) is 2. The van der Waals surface area contributed by atoms with Crippen LogP contribution in [-0.4, -0.2) is 71.2 Å². The Morgan fingerprint density at radius 3 is 2.50 bits per heavy atom. The van der Waals surface area contributed by atoms with Crippen molar-refractivity contribution in [1.29, 1.82) is 0 Å². The fourth-order valence-electron chi connectivity index (χ4n) is 6.93. The molecule has 3 heterocycles. The van der Waals surface area contributed by atoms with Gasteiger partial charge in [-0.05, 0) is 82.7 Å². The molecule has 3 fully saturated rings. The standard InChI is InChI=1S/C31H40N4O3S2/c1-21(2)33-14-10-27(11-15-33)34-13-5-12-31(30(34)36)18-29(31)35(19-26-20-39-23(4)32-26)40(37,38)28-9-8-24-16-22(3)6-7-25(24)17-28/h6-9,16-17,20-21,27,29H,5,10-15,18-19H2,1-4H3/t29?,31-/m0/s1. The molecule has 0 N–H and O–H groups in total. The number of aryl methyl sites for hydroxylation is 2. The van der Waals surface area contributed by atoms with E-state index in [-0.39, 0.29) is 29.4 Å². The number of aromatic nitrogens is 1. The van der Waals surface area contributed by atoms with Crippen molar-refractivity contribution in [3.8, 4) is 0 Å². The van der Waals surface area contributed by atoms with E-state index in [2.05, 4.69) is 34.7 Å². The topological polar surface area (TPSA) is 73.8 Å². The number of thiazole rings is 1. The second kappa shape index (κ2) is 10.5. The molecule has 2 atom stereocenters. The van der Waals surface area contributed by atoms with Gasteiger partial charge in [0.05, 0.1) is 27.6 Å². The van der Waals surface area contributed by atoms with Gasteiger partial charge >= 0.3 is 0 Å². The molecule has 3 aromatic rings. The van der Waals surface area contributed by atoms with Gasteiger partial charge in [-0.15, -0.1) is 11.3 Å². The summed E-state index contributed by atoms with van der Waals surface area (Å²) in [7, 11) is -3.87. The summed E-state index contributed by atoms with van der Waals surface area (Å²) >= 11 is 1.53. The Hall–Kier alpha value is -2.33. The number of hydrogen-bond acceptors (Lipinski definition) is 6. The number of amides is 1. The van der Waals surface area contributed by atoms with Crippen LogP contribution in [0.3, 0.4) is 0 Å². The normalized spacial score (nSPS) is 24.6. The average Bonchev–Trinajstić information content (AvgIpc) is 3.49. The van der Waals surface area contributed by atoms with Gasteiger partial charge in [-0.2, -0.15) is 4.31 Å². The molecule has 2 aliphatic heterocycles. The van der Waals surface area contributed by atoms with Gasteiger partial charge in [0.15, 0.2) is 0 Å². The monoisotopic (exact) mass is 580 g/mol. The van der Waals surface area contributed by atoms with Crippen LogP contribution in [0.15, 0.2) is 46.7 Å². The molecule has 6 rings (SSSR count). The van der Waals surface area contributed by atoms with E-state index in [0.717, 1.165) is 72.4 Å². The summed E-state index contributed by atoms with van der Waals surface area (Å²) in [4.78, 5) is 23.6. The van der Waals surface area contributed by atoms with Crippen LogP contribution in [0.25, 0.3) is 10.8 Å². The fourth-order valence-corrected chi connectivity index (χ4v) is 9.23. The number of sulfonamides is 1. The summed E-state index contributed by atoms with van der Waals surface area (Å²) in [5, 5.41) is 4.76. The van der Waals surface area contributed by atoms with Gasteiger partial charge in [0.25, 0.3) is 0 Å². The molecule has 1 spiro atoms. The van der Waals surface area contributed by atoms with Crippen LogP contribution in [0.5, 0.6) is 0 Å². The molecule has 2 aromatic carbocycles. The Morgan fingerprint density at radius 1 is 1.07 bits per heavy atom. The van der Waals surface area contributed by atoms with E-state index < -0.39 is 15.4 Å². The van der Waals surface area contributed by atoms with Crippen molar-refractivity contribution in [1.82, 2.24) is 19.1 Å². The minimum Gasteiger partial charge on any atom is -0.339 e. The molecule has 214 valence electrons. The number of fused-ring (bicyclic) bond motifs is 1. The van der Waals surface area contributed by atoms with Gasteiger partial charge in [0, 0.05) is 43.1 Å². The molecule has 3 aliphatic rings. The van der Waals surface area contributed by atoms with Crippen molar-refractivity contribution in [2.45, 2.75) is 89.4 Å². The first kappa shape index (κ1) is 27.8. The van der Waals surface area contributed by atoms with E-state index in [1.165, 1.54) is 11.3 Å². The molecule has 0 radical (unpaired) electrons. The van der Waals surface area contributed by atoms with Crippen molar-refractivity contribution >= 4 is 38.0 Å². The van der Waals surface area contributed by atoms with E-state index in [9.17, 15) is 13.2 Å². The highest BCUT2D eigenvalue weighted by Crippen LogP contribution is 2.58. The molecule has 1 unspecified atom stereocenters. The van der Waals surface area contributed by atoms with Crippen molar-refractivity contribution in [2.75, 3.05) is 19.6 Å². The molecule has 1 saturated carbocycles. The lowest BCUT2D eigenvalue weighted by atomic mass is 9.89. The van der Waals surface area contributed by atoms with Gasteiger partial charge in [-0.1, -0.05) is 29.8 Å². The van der Waals surface area contributed by atoms with Crippen molar-refractivity contribution in [2.24, 2.45) is 5.41 Å². The summed E-state index contributed by atoms with van der Waals surface area (Å²) in [6, 6.07) is 11.8. The summed E-state index contributed by atoms with van der Waals surface area (Å²) in [5.74, 6) is 0.162. The Kier molecular flexibility index (Phi) is 7.30. The minimum atomic E-state index is -3.87. The van der Waals surface area contributed by atoms with Crippen LogP contribution in [0.2, 0.25) is 0 Å². The number of carbonyl (C=O) groups is 1. The summed E-state index contributed by atoms with van der Waals surface area (Å²) in [5.41, 5.74) is 1.25. The first-order valence-electron chi connectivity index (χ1n) is 14.6. The number of hydrogen-bond donors (Lipinski definition) is 0. The lowest BCUT2D eigenvalue weighted by Gasteiger charge is -2.44. The molecule has 7 nitrogen and oxygen atoms in total. The quantitative estimate of drug-likeness (QED) is 0.376. The van der Waals surface area contributed by atoms with E-state index in [4.69, 9.17) is 0 Å². The molecule has 2 saturated heterocycles. The third-order valence-corrected chi connectivity index (χ3v) is 12.0. The molecule has 1 aliphatic carbocycles. The number of carbonyl (C=O) groups excluding carboxylic acids is 1. The molecule has 1 amide bonds. The van der Waals surface area contributed by atoms with E-state index in [1.54, 1.807) is 16.4 Å². The molecule has 9 heteroatoms. The SMILES string of the molecule is Cc1ccc2cc(S(=O)(=O)N(Cc3csc(C)n3)C3C[C@@]34CCCN(C3CCN(C(C)C)CC3)C4=O)ccc2c1. The zero-order valence-electron chi connectivity index (χ0n) is 24.0. The summed E-state index contributed by atoms with van der Waals surface area (Å²) in [6.07, 6.45) is 4.23. The molecule has 0 bridgehead atoms. The van der Waals surface area contributed by atoms with Crippen LogP contribution >= 0.6 is 11.3 Å². The first-order valence-corrected chi connectivity index (χ1v) is 16.9. The maximum Gasteiger partial charge on any atom is 0.243 e. The van der Waals surface area contributed by atoms with Gasteiger partial charge in [-0.3, -0.25) is 4.79 Å². The Bertz CT molecular complexity index is 1530.